The number of piperazine rings is 1. The van der Waals surface area contributed by atoms with Gasteiger partial charge in [-0.25, -0.2) is 0 Å². The van der Waals surface area contributed by atoms with Crippen LogP contribution in [0.15, 0.2) is 18.2 Å². The Bertz CT molecular complexity index is 419. The van der Waals surface area contributed by atoms with E-state index in [0.29, 0.717) is 6.54 Å². The van der Waals surface area contributed by atoms with Gasteiger partial charge >= 0.3 is 0 Å². The van der Waals surface area contributed by atoms with Gasteiger partial charge in [0.15, 0.2) is 0 Å². The summed E-state index contributed by atoms with van der Waals surface area (Å²) in [6.07, 6.45) is 0. The van der Waals surface area contributed by atoms with Crippen LogP contribution in [0.25, 0.3) is 0 Å². The van der Waals surface area contributed by atoms with Crippen LogP contribution in [0, 0.1) is 6.92 Å². The monoisotopic (exact) mass is 238 g/mol. The highest BCUT2D eigenvalue weighted by Gasteiger charge is 2.21. The molecule has 0 atom stereocenters. The van der Waals surface area contributed by atoms with Gasteiger partial charge in [0.1, 0.15) is 0 Å². The van der Waals surface area contributed by atoms with Crippen LogP contribution in [0.3, 0.4) is 0 Å². The van der Waals surface area contributed by atoms with Crippen LogP contribution in [0.2, 0.25) is 5.02 Å². The fourth-order valence-electron chi connectivity index (χ4n) is 1.94. The summed E-state index contributed by atoms with van der Waals surface area (Å²) in [5.74, 6) is 0.167. The highest BCUT2D eigenvalue weighted by Crippen LogP contribution is 2.24. The lowest BCUT2D eigenvalue weighted by molar-refractivity contribution is -0.129. The molecule has 1 amide bonds. The molecule has 1 saturated heterocycles. The van der Waals surface area contributed by atoms with Gasteiger partial charge < -0.3 is 9.80 Å². The van der Waals surface area contributed by atoms with Crippen LogP contribution < -0.4 is 4.90 Å². The molecule has 0 unspecified atom stereocenters. The quantitative estimate of drug-likeness (QED) is 0.747. The zero-order valence-electron chi connectivity index (χ0n) is 9.53. The van der Waals surface area contributed by atoms with Crippen LogP contribution in [0.4, 0.5) is 5.69 Å². The third-order valence-electron chi connectivity index (χ3n) is 2.96. The van der Waals surface area contributed by atoms with Gasteiger partial charge in [0, 0.05) is 30.8 Å². The SMILES string of the molecule is Cc1cc(Cl)ccc1N1CCN(C)C(=O)C1. The second-order valence-corrected chi connectivity index (χ2v) is 4.60. The molecule has 1 heterocycles. The summed E-state index contributed by atoms with van der Waals surface area (Å²) < 4.78 is 0. The van der Waals surface area contributed by atoms with E-state index < -0.39 is 0 Å². The van der Waals surface area contributed by atoms with Gasteiger partial charge in [-0.05, 0) is 30.7 Å². The number of anilines is 1. The smallest absolute Gasteiger partial charge is 0.241 e. The van der Waals surface area contributed by atoms with E-state index in [9.17, 15) is 4.79 Å². The van der Waals surface area contributed by atoms with Crippen molar-refractivity contribution in [3.8, 4) is 0 Å². The lowest BCUT2D eigenvalue weighted by atomic mass is 10.1. The predicted octanol–water partition coefficient (Wildman–Crippen LogP) is 1.93. The van der Waals surface area contributed by atoms with Gasteiger partial charge in [0.2, 0.25) is 5.91 Å². The molecule has 0 aromatic heterocycles. The molecule has 0 bridgehead atoms. The van der Waals surface area contributed by atoms with Crippen molar-refractivity contribution in [3.63, 3.8) is 0 Å². The van der Waals surface area contributed by atoms with E-state index in [-0.39, 0.29) is 5.91 Å². The number of benzene rings is 1. The van der Waals surface area contributed by atoms with E-state index in [1.54, 1.807) is 4.90 Å². The standard InChI is InChI=1S/C12H15ClN2O/c1-9-7-10(13)3-4-11(9)15-6-5-14(2)12(16)8-15/h3-4,7H,5-6,8H2,1-2H3. The molecule has 0 aliphatic carbocycles. The van der Waals surface area contributed by atoms with Crippen molar-refractivity contribution < 1.29 is 4.79 Å². The Hall–Kier alpha value is -1.22. The molecule has 3 nitrogen and oxygen atoms in total. The maximum Gasteiger partial charge on any atom is 0.241 e. The second-order valence-electron chi connectivity index (χ2n) is 4.17. The molecule has 4 heteroatoms. The molecule has 0 radical (unpaired) electrons. The van der Waals surface area contributed by atoms with Crippen molar-refractivity contribution in [2.75, 3.05) is 31.6 Å². The fraction of sp³-hybridized carbons (Fsp3) is 0.417. The number of carbonyl (C=O) groups excluding carboxylic acids is 1. The molecule has 1 fully saturated rings. The Morgan fingerprint density at radius 1 is 1.31 bits per heavy atom. The van der Waals surface area contributed by atoms with E-state index in [1.807, 2.05) is 32.2 Å². The second kappa shape index (κ2) is 4.34. The van der Waals surface area contributed by atoms with Gasteiger partial charge in [-0.15, -0.1) is 0 Å². The molecule has 0 saturated carbocycles. The third-order valence-corrected chi connectivity index (χ3v) is 3.19. The van der Waals surface area contributed by atoms with E-state index >= 15 is 0 Å². The largest absolute Gasteiger partial charge is 0.360 e. The van der Waals surface area contributed by atoms with Crippen LogP contribution in [-0.4, -0.2) is 37.5 Å². The summed E-state index contributed by atoms with van der Waals surface area (Å²) in [5, 5.41) is 0.738. The van der Waals surface area contributed by atoms with Crippen LogP contribution >= 0.6 is 11.6 Å². The minimum Gasteiger partial charge on any atom is -0.360 e. The van der Waals surface area contributed by atoms with E-state index in [0.717, 1.165) is 29.4 Å². The van der Waals surface area contributed by atoms with E-state index in [1.165, 1.54) is 0 Å². The van der Waals surface area contributed by atoms with Gasteiger partial charge in [-0.2, -0.15) is 0 Å². The molecular formula is C12H15ClN2O. The topological polar surface area (TPSA) is 23.6 Å². The Labute approximate surface area is 101 Å². The molecule has 16 heavy (non-hydrogen) atoms. The number of aryl methyl sites for hydroxylation is 1. The predicted molar refractivity (Wildman–Crippen MR) is 66.0 cm³/mol. The Morgan fingerprint density at radius 3 is 2.69 bits per heavy atom. The first kappa shape index (κ1) is 11.3. The Balaban J connectivity index is 2.22. The maximum absolute atomic E-state index is 11.6. The Kier molecular flexibility index (Phi) is 3.06. The summed E-state index contributed by atoms with van der Waals surface area (Å²) >= 11 is 5.91. The number of hydrogen-bond donors (Lipinski definition) is 0. The molecule has 1 aliphatic rings. The number of amides is 1. The van der Waals surface area contributed by atoms with Gasteiger partial charge in [0.25, 0.3) is 0 Å². The summed E-state index contributed by atoms with van der Waals surface area (Å²) in [7, 11) is 1.84. The summed E-state index contributed by atoms with van der Waals surface area (Å²) in [4.78, 5) is 15.5. The highest BCUT2D eigenvalue weighted by atomic mass is 35.5. The van der Waals surface area contributed by atoms with Gasteiger partial charge in [0.05, 0.1) is 6.54 Å². The van der Waals surface area contributed by atoms with E-state index in [4.69, 9.17) is 11.6 Å². The van der Waals surface area contributed by atoms with Crippen LogP contribution in [0.5, 0.6) is 0 Å². The minimum atomic E-state index is 0.167. The minimum absolute atomic E-state index is 0.167. The number of carbonyl (C=O) groups is 1. The van der Waals surface area contributed by atoms with Crippen molar-refractivity contribution in [1.82, 2.24) is 4.90 Å². The molecule has 0 spiro atoms. The number of nitrogens with zero attached hydrogens (tertiary/aromatic N) is 2. The van der Waals surface area contributed by atoms with E-state index in [2.05, 4.69) is 4.90 Å². The van der Waals surface area contributed by atoms with Crippen molar-refractivity contribution in [2.45, 2.75) is 6.92 Å². The molecule has 1 aliphatic heterocycles. The molecule has 86 valence electrons. The lowest BCUT2D eigenvalue weighted by Crippen LogP contribution is -2.48. The molecular weight excluding hydrogens is 224 g/mol. The number of halogens is 1. The summed E-state index contributed by atoms with van der Waals surface area (Å²) in [6, 6.07) is 5.78. The van der Waals surface area contributed by atoms with Crippen molar-refractivity contribution in [1.29, 1.82) is 0 Å². The van der Waals surface area contributed by atoms with Crippen molar-refractivity contribution in [3.05, 3.63) is 28.8 Å². The summed E-state index contributed by atoms with van der Waals surface area (Å²) in [5.41, 5.74) is 2.22. The maximum atomic E-state index is 11.6. The van der Waals surface area contributed by atoms with Gasteiger partial charge in [-0.3, -0.25) is 4.79 Å². The van der Waals surface area contributed by atoms with Crippen molar-refractivity contribution >= 4 is 23.2 Å². The average molecular weight is 239 g/mol. The van der Waals surface area contributed by atoms with Gasteiger partial charge in [-0.1, -0.05) is 11.6 Å². The molecule has 1 aromatic carbocycles. The fourth-order valence-corrected chi connectivity index (χ4v) is 2.16. The first-order valence-corrected chi connectivity index (χ1v) is 5.71. The Morgan fingerprint density at radius 2 is 2.06 bits per heavy atom. The molecule has 0 N–H and O–H groups in total. The van der Waals surface area contributed by atoms with Crippen LogP contribution in [-0.2, 0) is 4.79 Å². The molecule has 2 rings (SSSR count). The number of hydrogen-bond acceptors (Lipinski definition) is 2. The number of rotatable bonds is 1. The normalized spacial score (nSPS) is 16.8. The first-order valence-electron chi connectivity index (χ1n) is 5.33. The first-order chi connectivity index (χ1) is 7.58. The zero-order chi connectivity index (χ0) is 11.7. The van der Waals surface area contributed by atoms with Crippen molar-refractivity contribution in [2.24, 2.45) is 0 Å². The highest BCUT2D eigenvalue weighted by molar-refractivity contribution is 6.30. The molecule has 1 aromatic rings. The zero-order valence-corrected chi connectivity index (χ0v) is 10.3. The lowest BCUT2D eigenvalue weighted by Gasteiger charge is -2.34. The third kappa shape index (κ3) is 2.14. The number of likely N-dealkylation sites (N-methyl/N-ethyl adjacent to an activating group) is 1. The van der Waals surface area contributed by atoms with Crippen LogP contribution in [0.1, 0.15) is 5.56 Å². The summed E-state index contributed by atoms with van der Waals surface area (Å²) in [6.45, 7) is 4.13. The average Bonchev–Trinajstić information content (AvgIpc) is 2.22.